The van der Waals surface area contributed by atoms with Crippen molar-refractivity contribution in [3.8, 4) is 11.4 Å². The van der Waals surface area contributed by atoms with Crippen LogP contribution in [-0.2, 0) is 11.9 Å². The molecule has 1 heterocycles. The highest BCUT2D eigenvalue weighted by Gasteiger charge is 2.11. The van der Waals surface area contributed by atoms with Crippen LogP contribution in [0.4, 0.5) is 0 Å². The number of rotatable bonds is 4. The lowest BCUT2D eigenvalue weighted by Crippen LogP contribution is -2.03. The van der Waals surface area contributed by atoms with E-state index in [0.717, 1.165) is 35.5 Å². The Morgan fingerprint density at radius 2 is 2.12 bits per heavy atom. The first kappa shape index (κ1) is 12.3. The number of hydrogen-bond acceptors (Lipinski definition) is 2. The molecular weight excluding hydrogens is 278 g/mol. The monoisotopic (exact) mass is 293 g/mol. The predicted octanol–water partition coefficient (Wildman–Crippen LogP) is 3.56. The molecule has 0 fully saturated rings. The summed E-state index contributed by atoms with van der Waals surface area (Å²) < 4.78 is 2.18. The first-order valence-corrected chi connectivity index (χ1v) is 6.93. The highest BCUT2D eigenvalue weighted by atomic mass is 79.9. The van der Waals surface area contributed by atoms with E-state index in [1.165, 1.54) is 5.56 Å². The van der Waals surface area contributed by atoms with E-state index in [9.17, 15) is 0 Å². The van der Waals surface area contributed by atoms with E-state index < -0.39 is 0 Å². The lowest BCUT2D eigenvalue weighted by atomic mass is 10.1. The maximum atomic E-state index is 4.30. The molecule has 0 saturated carbocycles. The molecule has 0 bridgehead atoms. The molecule has 0 aliphatic carbocycles. The third kappa shape index (κ3) is 2.57. The number of alkyl halides is 1. The summed E-state index contributed by atoms with van der Waals surface area (Å²) in [6.07, 6.45) is 1.08. The Bertz CT molecular complexity index is 505. The summed E-state index contributed by atoms with van der Waals surface area (Å²) in [6.45, 7) is 5.21. The van der Waals surface area contributed by atoms with Crippen LogP contribution in [0, 0.1) is 6.92 Å². The Kier molecular flexibility index (Phi) is 3.94. The lowest BCUT2D eigenvalue weighted by molar-refractivity contribution is 0.661. The van der Waals surface area contributed by atoms with Gasteiger partial charge in [0.1, 0.15) is 5.82 Å². The Hall–Kier alpha value is -1.16. The zero-order chi connectivity index (χ0) is 12.3. The summed E-state index contributed by atoms with van der Waals surface area (Å²) >= 11 is 3.46. The molecule has 1 aromatic heterocycles. The molecule has 0 saturated heterocycles. The van der Waals surface area contributed by atoms with Crippen LogP contribution >= 0.6 is 15.9 Å². The van der Waals surface area contributed by atoms with Crippen LogP contribution in [0.15, 0.2) is 24.3 Å². The molecule has 0 N–H and O–H groups in total. The van der Waals surface area contributed by atoms with Crippen molar-refractivity contribution in [2.75, 3.05) is 0 Å². The van der Waals surface area contributed by atoms with Gasteiger partial charge in [-0.15, -0.1) is 10.2 Å². The Morgan fingerprint density at radius 1 is 1.29 bits per heavy atom. The minimum absolute atomic E-state index is 0.742. The SMILES string of the molecule is CCCn1c(CBr)nnc1-c1cccc(C)c1. The summed E-state index contributed by atoms with van der Waals surface area (Å²) in [6, 6.07) is 8.38. The fourth-order valence-electron chi connectivity index (χ4n) is 1.89. The fraction of sp³-hybridized carbons (Fsp3) is 0.385. The van der Waals surface area contributed by atoms with Crippen molar-refractivity contribution in [2.24, 2.45) is 0 Å². The molecule has 0 unspecified atom stereocenters. The topological polar surface area (TPSA) is 30.7 Å². The second-order valence-corrected chi connectivity index (χ2v) is 4.66. The smallest absolute Gasteiger partial charge is 0.163 e. The number of halogens is 1. The van der Waals surface area contributed by atoms with Crippen molar-refractivity contribution >= 4 is 15.9 Å². The number of aryl methyl sites for hydroxylation is 1. The van der Waals surface area contributed by atoms with Crippen LogP contribution in [0.2, 0.25) is 0 Å². The van der Waals surface area contributed by atoms with Gasteiger partial charge in [-0.2, -0.15) is 0 Å². The molecule has 2 rings (SSSR count). The third-order valence-electron chi connectivity index (χ3n) is 2.67. The molecule has 0 amide bonds. The van der Waals surface area contributed by atoms with Gasteiger partial charge in [-0.05, 0) is 19.4 Å². The van der Waals surface area contributed by atoms with Crippen molar-refractivity contribution in [1.29, 1.82) is 0 Å². The maximum Gasteiger partial charge on any atom is 0.163 e. The summed E-state index contributed by atoms with van der Waals surface area (Å²) in [5, 5.41) is 9.27. The predicted molar refractivity (Wildman–Crippen MR) is 73.1 cm³/mol. The zero-order valence-electron chi connectivity index (χ0n) is 10.2. The number of hydrogen-bond donors (Lipinski definition) is 0. The molecule has 0 aliphatic heterocycles. The van der Waals surface area contributed by atoms with Gasteiger partial charge < -0.3 is 4.57 Å². The molecular formula is C13H16BrN3. The van der Waals surface area contributed by atoms with E-state index in [2.05, 4.69) is 68.8 Å². The van der Waals surface area contributed by atoms with Gasteiger partial charge in [0.05, 0.1) is 5.33 Å². The molecule has 4 heteroatoms. The van der Waals surface area contributed by atoms with Crippen LogP contribution in [-0.4, -0.2) is 14.8 Å². The van der Waals surface area contributed by atoms with Crippen LogP contribution in [0.5, 0.6) is 0 Å². The van der Waals surface area contributed by atoms with Crippen LogP contribution in [0.3, 0.4) is 0 Å². The van der Waals surface area contributed by atoms with Gasteiger partial charge in [-0.3, -0.25) is 0 Å². The van der Waals surface area contributed by atoms with E-state index in [0.29, 0.717) is 0 Å². The summed E-state index contributed by atoms with van der Waals surface area (Å²) in [5.41, 5.74) is 2.38. The Balaban J connectivity index is 2.47. The highest BCUT2D eigenvalue weighted by molar-refractivity contribution is 9.08. The van der Waals surface area contributed by atoms with Gasteiger partial charge in [0.15, 0.2) is 5.82 Å². The molecule has 0 radical (unpaired) electrons. The van der Waals surface area contributed by atoms with E-state index in [4.69, 9.17) is 0 Å². The quantitative estimate of drug-likeness (QED) is 0.807. The average molecular weight is 294 g/mol. The first-order chi connectivity index (χ1) is 8.26. The van der Waals surface area contributed by atoms with E-state index in [1.807, 2.05) is 0 Å². The number of benzene rings is 1. The molecule has 2 aromatic rings. The fourth-order valence-corrected chi connectivity index (χ4v) is 2.31. The summed E-state index contributed by atoms with van der Waals surface area (Å²) in [4.78, 5) is 0. The number of nitrogens with zero attached hydrogens (tertiary/aromatic N) is 3. The Labute approximate surface area is 110 Å². The number of aromatic nitrogens is 3. The molecule has 90 valence electrons. The molecule has 0 atom stereocenters. The minimum Gasteiger partial charge on any atom is -0.310 e. The minimum atomic E-state index is 0.742. The molecule has 0 aliphatic rings. The van der Waals surface area contributed by atoms with Crippen molar-refractivity contribution in [1.82, 2.24) is 14.8 Å². The van der Waals surface area contributed by atoms with Crippen LogP contribution in [0.1, 0.15) is 24.7 Å². The van der Waals surface area contributed by atoms with Gasteiger partial charge >= 0.3 is 0 Å². The summed E-state index contributed by atoms with van der Waals surface area (Å²) in [5.74, 6) is 1.95. The largest absolute Gasteiger partial charge is 0.310 e. The highest BCUT2D eigenvalue weighted by Crippen LogP contribution is 2.20. The molecule has 17 heavy (non-hydrogen) atoms. The van der Waals surface area contributed by atoms with E-state index in [-0.39, 0.29) is 0 Å². The normalized spacial score (nSPS) is 10.8. The van der Waals surface area contributed by atoms with Gasteiger partial charge in [0.25, 0.3) is 0 Å². The zero-order valence-corrected chi connectivity index (χ0v) is 11.7. The standard InChI is InChI=1S/C13H16BrN3/c1-3-7-17-12(9-14)15-16-13(17)11-6-4-5-10(2)8-11/h4-6,8H,3,7,9H2,1-2H3. The van der Waals surface area contributed by atoms with Gasteiger partial charge in [0, 0.05) is 12.1 Å². The van der Waals surface area contributed by atoms with E-state index in [1.54, 1.807) is 0 Å². The second kappa shape index (κ2) is 5.45. The first-order valence-electron chi connectivity index (χ1n) is 5.81. The lowest BCUT2D eigenvalue weighted by Gasteiger charge is -2.08. The van der Waals surface area contributed by atoms with Crippen molar-refractivity contribution in [3.63, 3.8) is 0 Å². The molecule has 0 spiro atoms. The second-order valence-electron chi connectivity index (χ2n) is 4.09. The van der Waals surface area contributed by atoms with Crippen LogP contribution < -0.4 is 0 Å². The maximum absolute atomic E-state index is 4.30. The molecule has 3 nitrogen and oxygen atoms in total. The third-order valence-corrected chi connectivity index (χ3v) is 3.17. The molecule has 1 aromatic carbocycles. The van der Waals surface area contributed by atoms with E-state index >= 15 is 0 Å². The Morgan fingerprint density at radius 3 is 2.76 bits per heavy atom. The van der Waals surface area contributed by atoms with Crippen molar-refractivity contribution in [2.45, 2.75) is 32.1 Å². The van der Waals surface area contributed by atoms with Crippen molar-refractivity contribution < 1.29 is 0 Å². The van der Waals surface area contributed by atoms with Gasteiger partial charge in [0.2, 0.25) is 0 Å². The van der Waals surface area contributed by atoms with Gasteiger partial charge in [-0.1, -0.05) is 46.6 Å². The van der Waals surface area contributed by atoms with Gasteiger partial charge in [-0.25, -0.2) is 0 Å². The van der Waals surface area contributed by atoms with Crippen LogP contribution in [0.25, 0.3) is 11.4 Å². The summed E-state index contributed by atoms with van der Waals surface area (Å²) in [7, 11) is 0. The van der Waals surface area contributed by atoms with Crippen molar-refractivity contribution in [3.05, 3.63) is 35.7 Å². The average Bonchev–Trinajstić information content (AvgIpc) is 2.72.